The number of benzene rings is 1. The van der Waals surface area contributed by atoms with Gasteiger partial charge >= 0.3 is 0 Å². The summed E-state index contributed by atoms with van der Waals surface area (Å²) in [6.45, 7) is 11.6. The van der Waals surface area contributed by atoms with Crippen molar-refractivity contribution in [3.8, 4) is 5.75 Å². The van der Waals surface area contributed by atoms with Crippen molar-refractivity contribution >= 4 is 35.0 Å². The van der Waals surface area contributed by atoms with E-state index in [2.05, 4.69) is 44.6 Å². The maximum Gasteiger partial charge on any atom is 0.251 e. The minimum atomic E-state index is -0.238. The van der Waals surface area contributed by atoms with Gasteiger partial charge in [0.2, 0.25) is 11.9 Å². The fourth-order valence-corrected chi connectivity index (χ4v) is 7.47. The van der Waals surface area contributed by atoms with Crippen molar-refractivity contribution in [2.24, 2.45) is 5.92 Å². The van der Waals surface area contributed by atoms with Gasteiger partial charge in [-0.2, -0.15) is 4.98 Å². The van der Waals surface area contributed by atoms with E-state index >= 15 is 0 Å². The van der Waals surface area contributed by atoms with Crippen LogP contribution in [0.1, 0.15) is 88.4 Å². The first-order valence-electron chi connectivity index (χ1n) is 18.6. The van der Waals surface area contributed by atoms with Crippen LogP contribution in [0.5, 0.6) is 5.75 Å². The summed E-state index contributed by atoms with van der Waals surface area (Å²) in [6.07, 6.45) is 12.5. The summed E-state index contributed by atoms with van der Waals surface area (Å²) in [7, 11) is 3.39. The number of fused-ring (bicyclic) bond motifs is 1. The van der Waals surface area contributed by atoms with Gasteiger partial charge in [0, 0.05) is 38.3 Å². The average molecular weight is 679 g/mol. The molecular weight excluding hydrogens is 620 g/mol. The Kier molecular flexibility index (Phi) is 13.9. The molecule has 0 spiro atoms. The van der Waals surface area contributed by atoms with Crippen LogP contribution in [0.2, 0.25) is 0 Å². The Hall–Kier alpha value is -3.48. The van der Waals surface area contributed by atoms with Gasteiger partial charge in [0.15, 0.2) is 5.82 Å². The Morgan fingerprint density at radius 3 is 2.61 bits per heavy atom. The number of likely N-dealkylation sites (N-methyl/N-ethyl adjacent to an activating group) is 1. The van der Waals surface area contributed by atoms with E-state index in [1.165, 1.54) is 12.8 Å². The van der Waals surface area contributed by atoms with Crippen LogP contribution in [0.3, 0.4) is 0 Å². The third-order valence-corrected chi connectivity index (χ3v) is 10.3. The highest BCUT2D eigenvalue weighted by Gasteiger charge is 2.41. The molecule has 49 heavy (non-hydrogen) atoms. The minimum Gasteiger partial charge on any atom is -0.495 e. The molecule has 270 valence electrons. The number of anilines is 4. The van der Waals surface area contributed by atoms with Gasteiger partial charge in [-0.1, -0.05) is 26.7 Å². The van der Waals surface area contributed by atoms with Crippen molar-refractivity contribution in [3.05, 3.63) is 30.0 Å². The van der Waals surface area contributed by atoms with Gasteiger partial charge in [-0.05, 0) is 102 Å². The van der Waals surface area contributed by atoms with Crippen LogP contribution >= 0.6 is 0 Å². The van der Waals surface area contributed by atoms with E-state index in [1.54, 1.807) is 37.4 Å². The normalized spacial score (nSPS) is 18.6. The van der Waals surface area contributed by atoms with E-state index in [0.29, 0.717) is 42.0 Å². The molecule has 3 aliphatic rings. The lowest BCUT2D eigenvalue weighted by Gasteiger charge is -2.43. The summed E-state index contributed by atoms with van der Waals surface area (Å²) < 4.78 is 11.7. The number of carbonyl (C=O) groups is 2. The van der Waals surface area contributed by atoms with Crippen LogP contribution in [-0.4, -0.2) is 105 Å². The van der Waals surface area contributed by atoms with Crippen molar-refractivity contribution in [1.29, 1.82) is 0 Å². The number of aromatic nitrogens is 2. The smallest absolute Gasteiger partial charge is 0.251 e. The average Bonchev–Trinajstić information content (AvgIpc) is 3.66. The van der Waals surface area contributed by atoms with E-state index in [1.807, 2.05) is 6.07 Å². The van der Waals surface area contributed by atoms with E-state index in [4.69, 9.17) is 14.5 Å². The molecule has 3 heterocycles. The van der Waals surface area contributed by atoms with Crippen molar-refractivity contribution in [3.63, 3.8) is 0 Å². The number of hydrogen-bond acceptors (Lipinski definition) is 10. The van der Waals surface area contributed by atoms with Gasteiger partial charge in [-0.25, -0.2) is 4.98 Å². The van der Waals surface area contributed by atoms with Crippen LogP contribution in [0.25, 0.3) is 0 Å². The minimum absolute atomic E-state index is 0.0864. The molecule has 12 heteroatoms. The number of carbonyl (C=O) groups excluding carboxylic acids is 2. The van der Waals surface area contributed by atoms with Crippen molar-refractivity contribution in [1.82, 2.24) is 25.5 Å². The molecule has 2 amide bonds. The first-order valence-corrected chi connectivity index (χ1v) is 18.6. The SMILES string of the molecule is CCCN(CCCNC(=O)c1ccc(Nc2ncc3c(n2)N(C2CCCC2)[C@H](CC)C(=O)N3C)c(OC)c1)CCOCCC1CCNCC1. The molecule has 1 aromatic carbocycles. The lowest BCUT2D eigenvalue weighted by Crippen LogP contribution is -2.55. The summed E-state index contributed by atoms with van der Waals surface area (Å²) in [6, 6.07) is 5.40. The lowest BCUT2D eigenvalue weighted by atomic mass is 9.95. The first kappa shape index (κ1) is 36.8. The molecule has 2 aromatic rings. The second-order valence-electron chi connectivity index (χ2n) is 13.7. The summed E-state index contributed by atoms with van der Waals surface area (Å²) in [5, 5.41) is 9.80. The van der Waals surface area contributed by atoms with Crippen LogP contribution in [0.4, 0.5) is 23.1 Å². The maximum absolute atomic E-state index is 13.2. The molecule has 1 saturated heterocycles. The number of methoxy groups -OCH3 is 1. The van der Waals surface area contributed by atoms with Crippen molar-refractivity contribution in [2.75, 3.05) is 81.8 Å². The first-order chi connectivity index (χ1) is 23.9. The van der Waals surface area contributed by atoms with Crippen LogP contribution in [0, 0.1) is 5.92 Å². The lowest BCUT2D eigenvalue weighted by molar-refractivity contribution is -0.120. The highest BCUT2D eigenvalue weighted by Crippen LogP contribution is 2.40. The fraction of sp³-hybridized carbons (Fsp3) is 0.676. The number of nitrogens with zero attached hydrogens (tertiary/aromatic N) is 5. The fourth-order valence-electron chi connectivity index (χ4n) is 7.47. The third kappa shape index (κ3) is 9.61. The molecular formula is C37H58N8O4. The molecule has 0 bridgehead atoms. The Balaban J connectivity index is 1.13. The molecule has 12 nitrogen and oxygen atoms in total. The topological polar surface area (TPSA) is 124 Å². The van der Waals surface area contributed by atoms with Gasteiger partial charge in [0.05, 0.1) is 25.6 Å². The number of rotatable bonds is 18. The van der Waals surface area contributed by atoms with Crippen molar-refractivity contribution < 1.29 is 19.1 Å². The Bertz CT molecular complexity index is 1360. The number of amides is 2. The predicted octanol–water partition coefficient (Wildman–Crippen LogP) is 4.97. The van der Waals surface area contributed by atoms with E-state index in [9.17, 15) is 9.59 Å². The zero-order valence-electron chi connectivity index (χ0n) is 30.1. The van der Waals surface area contributed by atoms with Crippen LogP contribution < -0.4 is 30.5 Å². The zero-order valence-corrected chi connectivity index (χ0v) is 30.1. The third-order valence-electron chi connectivity index (χ3n) is 10.3. The number of ether oxygens (including phenoxy) is 2. The monoisotopic (exact) mass is 678 g/mol. The van der Waals surface area contributed by atoms with Gasteiger partial charge in [0.1, 0.15) is 17.5 Å². The largest absolute Gasteiger partial charge is 0.495 e. The molecule has 3 N–H and O–H groups in total. The Morgan fingerprint density at radius 2 is 1.88 bits per heavy atom. The summed E-state index contributed by atoms with van der Waals surface area (Å²) in [5.74, 6) is 2.47. The number of hydrogen-bond donors (Lipinski definition) is 3. The van der Waals surface area contributed by atoms with Crippen molar-refractivity contribution in [2.45, 2.75) is 90.1 Å². The van der Waals surface area contributed by atoms with E-state index in [-0.39, 0.29) is 17.9 Å². The van der Waals surface area contributed by atoms with Gasteiger partial charge in [-0.3, -0.25) is 9.59 Å². The molecule has 2 aliphatic heterocycles. The van der Waals surface area contributed by atoms with Crippen LogP contribution in [0.15, 0.2) is 24.4 Å². The molecule has 2 fully saturated rings. The van der Waals surface area contributed by atoms with Crippen LogP contribution in [-0.2, 0) is 9.53 Å². The molecule has 1 aromatic heterocycles. The van der Waals surface area contributed by atoms with Gasteiger partial charge < -0.3 is 40.1 Å². The molecule has 1 saturated carbocycles. The quantitative estimate of drug-likeness (QED) is 0.186. The Morgan fingerprint density at radius 1 is 1.08 bits per heavy atom. The second-order valence-corrected chi connectivity index (χ2v) is 13.7. The molecule has 0 unspecified atom stereocenters. The summed E-state index contributed by atoms with van der Waals surface area (Å²) >= 11 is 0. The number of piperidine rings is 1. The maximum atomic E-state index is 13.2. The van der Waals surface area contributed by atoms with E-state index < -0.39 is 0 Å². The zero-order chi connectivity index (χ0) is 34.6. The Labute approximate surface area is 292 Å². The highest BCUT2D eigenvalue weighted by atomic mass is 16.5. The van der Waals surface area contributed by atoms with Gasteiger partial charge in [-0.15, -0.1) is 0 Å². The molecule has 0 radical (unpaired) electrons. The van der Waals surface area contributed by atoms with Gasteiger partial charge in [0.25, 0.3) is 5.91 Å². The molecule has 1 aliphatic carbocycles. The second kappa shape index (κ2) is 18.5. The summed E-state index contributed by atoms with van der Waals surface area (Å²) in [5.41, 5.74) is 1.91. The number of nitrogens with one attached hydrogen (secondary N) is 3. The standard InChI is InChI=1S/C37H58N8O4/c1-5-20-44(22-24-49-23-16-27-14-18-38-19-15-27)21-9-17-39-35(46)28-12-13-30(33(25-28)48-4)41-37-40-26-32-34(42-37)45(29-10-7-8-11-29)31(6-2)36(47)43(32)3/h12-13,25-27,29,31,38H,5-11,14-24H2,1-4H3,(H,39,46)(H,40,41,42)/t31-/m1/s1. The van der Waals surface area contributed by atoms with E-state index in [0.717, 1.165) is 108 Å². The predicted molar refractivity (Wildman–Crippen MR) is 195 cm³/mol. The molecule has 1 atom stereocenters. The molecule has 5 rings (SSSR count). The summed E-state index contributed by atoms with van der Waals surface area (Å²) in [4.78, 5) is 42.1. The highest BCUT2D eigenvalue weighted by molar-refractivity contribution is 6.04.